The summed E-state index contributed by atoms with van der Waals surface area (Å²) >= 11 is 0. The molecule has 2 aliphatic rings. The van der Waals surface area contributed by atoms with Crippen LogP contribution in [0.2, 0.25) is 0 Å². The molecule has 0 spiro atoms. The maximum Gasteiger partial charge on any atom is 0.329 e. The van der Waals surface area contributed by atoms with Gasteiger partial charge in [0.05, 0.1) is 0 Å². The number of carboxylic acids is 1. The molecule has 2 amide bonds. The van der Waals surface area contributed by atoms with E-state index in [1.165, 1.54) is 11.3 Å². The van der Waals surface area contributed by atoms with E-state index >= 15 is 0 Å². The van der Waals surface area contributed by atoms with E-state index < -0.39 is 11.5 Å². The Labute approximate surface area is 127 Å². The SMILES string of the molecule is CC1CC(C)CC(NC(=O)N2CCCCC2(C)C(=O)O)C1. The number of aliphatic carboxylic acids is 1. The average Bonchev–Trinajstić information content (AvgIpc) is 2.37. The second-order valence-corrected chi connectivity index (χ2v) is 7.25. The lowest BCUT2D eigenvalue weighted by Crippen LogP contribution is -2.61. The number of urea groups is 1. The second-order valence-electron chi connectivity index (χ2n) is 7.25. The molecule has 3 unspecified atom stereocenters. The van der Waals surface area contributed by atoms with Crippen LogP contribution < -0.4 is 5.32 Å². The van der Waals surface area contributed by atoms with Crippen molar-refractivity contribution in [1.29, 1.82) is 0 Å². The van der Waals surface area contributed by atoms with E-state index in [0.717, 1.165) is 25.7 Å². The predicted molar refractivity (Wildman–Crippen MR) is 81.1 cm³/mol. The molecule has 0 aromatic rings. The Morgan fingerprint density at radius 2 is 1.76 bits per heavy atom. The van der Waals surface area contributed by atoms with E-state index in [9.17, 15) is 14.7 Å². The molecule has 0 aromatic heterocycles. The predicted octanol–water partition coefficient (Wildman–Crippen LogP) is 2.85. The topological polar surface area (TPSA) is 69.6 Å². The van der Waals surface area contributed by atoms with Crippen molar-refractivity contribution in [2.24, 2.45) is 11.8 Å². The quantitative estimate of drug-likeness (QED) is 0.823. The Balaban J connectivity index is 2.02. The molecular formula is C16H28N2O3. The minimum absolute atomic E-state index is 0.177. The first-order valence-electron chi connectivity index (χ1n) is 8.14. The molecule has 0 bridgehead atoms. The van der Waals surface area contributed by atoms with Gasteiger partial charge in [0.25, 0.3) is 0 Å². The summed E-state index contributed by atoms with van der Waals surface area (Å²) in [4.78, 5) is 25.6. The second kappa shape index (κ2) is 6.24. The van der Waals surface area contributed by atoms with Gasteiger partial charge in [-0.3, -0.25) is 0 Å². The van der Waals surface area contributed by atoms with Crippen molar-refractivity contribution >= 4 is 12.0 Å². The van der Waals surface area contributed by atoms with E-state index in [4.69, 9.17) is 0 Å². The van der Waals surface area contributed by atoms with E-state index in [2.05, 4.69) is 19.2 Å². The summed E-state index contributed by atoms with van der Waals surface area (Å²) in [6, 6.07) is -0.0258. The van der Waals surface area contributed by atoms with Crippen molar-refractivity contribution in [3.05, 3.63) is 0 Å². The van der Waals surface area contributed by atoms with Crippen molar-refractivity contribution in [3.63, 3.8) is 0 Å². The molecule has 2 rings (SSSR count). The average molecular weight is 296 g/mol. The zero-order valence-electron chi connectivity index (χ0n) is 13.4. The molecule has 1 aliphatic heterocycles. The minimum Gasteiger partial charge on any atom is -0.480 e. The number of nitrogens with one attached hydrogen (secondary N) is 1. The van der Waals surface area contributed by atoms with Gasteiger partial charge in [0.1, 0.15) is 5.54 Å². The molecular weight excluding hydrogens is 268 g/mol. The first-order valence-corrected chi connectivity index (χ1v) is 8.14. The summed E-state index contributed by atoms with van der Waals surface area (Å²) in [6.07, 6.45) is 5.48. The minimum atomic E-state index is -1.06. The van der Waals surface area contributed by atoms with E-state index in [1.54, 1.807) is 6.92 Å². The molecule has 21 heavy (non-hydrogen) atoms. The lowest BCUT2D eigenvalue weighted by Gasteiger charge is -2.42. The zero-order valence-corrected chi connectivity index (χ0v) is 13.4. The number of hydrogen-bond donors (Lipinski definition) is 2. The third kappa shape index (κ3) is 3.50. The largest absolute Gasteiger partial charge is 0.480 e. The van der Waals surface area contributed by atoms with Crippen LogP contribution in [0.1, 0.15) is 59.3 Å². The molecule has 3 atom stereocenters. The first-order chi connectivity index (χ1) is 9.83. The number of likely N-dealkylation sites (tertiary alicyclic amines) is 1. The van der Waals surface area contributed by atoms with Gasteiger partial charge in [0, 0.05) is 12.6 Å². The van der Waals surface area contributed by atoms with Crippen LogP contribution in [-0.4, -0.2) is 40.1 Å². The number of nitrogens with zero attached hydrogens (tertiary/aromatic N) is 1. The van der Waals surface area contributed by atoms with Crippen LogP contribution in [0.4, 0.5) is 4.79 Å². The maximum absolute atomic E-state index is 12.6. The number of rotatable bonds is 2. The van der Waals surface area contributed by atoms with Crippen molar-refractivity contribution in [3.8, 4) is 0 Å². The molecule has 1 saturated heterocycles. The molecule has 1 saturated carbocycles. The summed E-state index contributed by atoms with van der Waals surface area (Å²) in [7, 11) is 0. The number of piperidine rings is 1. The maximum atomic E-state index is 12.6. The third-order valence-corrected chi connectivity index (χ3v) is 5.10. The number of carboxylic acid groups (broad SMARTS) is 1. The zero-order chi connectivity index (χ0) is 15.6. The van der Waals surface area contributed by atoms with Gasteiger partial charge in [-0.25, -0.2) is 9.59 Å². The van der Waals surface area contributed by atoms with Gasteiger partial charge in [-0.2, -0.15) is 0 Å². The fraction of sp³-hybridized carbons (Fsp3) is 0.875. The highest BCUT2D eigenvalue weighted by atomic mass is 16.4. The smallest absolute Gasteiger partial charge is 0.329 e. The molecule has 1 heterocycles. The van der Waals surface area contributed by atoms with Gasteiger partial charge in [-0.15, -0.1) is 0 Å². The summed E-state index contributed by atoms with van der Waals surface area (Å²) in [5.74, 6) is 0.334. The van der Waals surface area contributed by atoms with Crippen molar-refractivity contribution in [2.45, 2.75) is 70.9 Å². The Morgan fingerprint density at radius 1 is 1.14 bits per heavy atom. The Kier molecular flexibility index (Phi) is 4.79. The van der Waals surface area contributed by atoms with Gasteiger partial charge in [-0.05, 0) is 57.3 Å². The van der Waals surface area contributed by atoms with Crippen molar-refractivity contribution in [2.75, 3.05) is 6.54 Å². The number of amides is 2. The van der Waals surface area contributed by atoms with Crippen LogP contribution in [-0.2, 0) is 4.79 Å². The molecule has 0 radical (unpaired) electrons. The molecule has 5 nitrogen and oxygen atoms in total. The summed E-state index contributed by atoms with van der Waals surface area (Å²) < 4.78 is 0. The van der Waals surface area contributed by atoms with E-state index in [1.807, 2.05) is 0 Å². The van der Waals surface area contributed by atoms with Crippen LogP contribution in [0.5, 0.6) is 0 Å². The normalized spacial score (nSPS) is 37.1. The summed E-state index contributed by atoms with van der Waals surface area (Å²) in [5, 5.41) is 12.6. The number of carbonyl (C=O) groups excluding carboxylic acids is 1. The fourth-order valence-electron chi connectivity index (χ4n) is 3.99. The summed E-state index contributed by atoms with van der Waals surface area (Å²) in [6.45, 7) is 6.64. The highest BCUT2D eigenvalue weighted by molar-refractivity contribution is 5.86. The lowest BCUT2D eigenvalue weighted by atomic mass is 9.80. The highest BCUT2D eigenvalue weighted by Gasteiger charge is 2.44. The van der Waals surface area contributed by atoms with Crippen LogP contribution >= 0.6 is 0 Å². The standard InChI is InChI=1S/C16H28N2O3/c1-11-8-12(2)10-13(9-11)17-15(21)18-7-5-4-6-16(18,3)14(19)20/h11-13H,4-10H2,1-3H3,(H,17,21)(H,19,20). The monoisotopic (exact) mass is 296 g/mol. The molecule has 2 N–H and O–H groups in total. The van der Waals surface area contributed by atoms with Gasteiger partial charge in [-0.1, -0.05) is 13.8 Å². The molecule has 120 valence electrons. The van der Waals surface area contributed by atoms with Crippen molar-refractivity contribution in [1.82, 2.24) is 10.2 Å². The lowest BCUT2D eigenvalue weighted by molar-refractivity contribution is -0.150. The molecule has 2 fully saturated rings. The van der Waals surface area contributed by atoms with Gasteiger partial charge in [0.15, 0.2) is 0 Å². The molecule has 5 heteroatoms. The highest BCUT2D eigenvalue weighted by Crippen LogP contribution is 2.31. The van der Waals surface area contributed by atoms with E-state index in [-0.39, 0.29) is 12.1 Å². The Bertz CT molecular complexity index is 402. The molecule has 0 aromatic carbocycles. The Morgan fingerprint density at radius 3 is 2.33 bits per heavy atom. The fourth-order valence-corrected chi connectivity index (χ4v) is 3.99. The van der Waals surface area contributed by atoms with Gasteiger partial charge < -0.3 is 15.3 Å². The molecule has 1 aliphatic carbocycles. The number of carbonyl (C=O) groups is 2. The van der Waals surface area contributed by atoms with Crippen LogP contribution in [0, 0.1) is 11.8 Å². The third-order valence-electron chi connectivity index (χ3n) is 5.10. The van der Waals surface area contributed by atoms with Crippen LogP contribution in [0.25, 0.3) is 0 Å². The van der Waals surface area contributed by atoms with Gasteiger partial charge >= 0.3 is 12.0 Å². The van der Waals surface area contributed by atoms with Crippen LogP contribution in [0.3, 0.4) is 0 Å². The first kappa shape index (κ1) is 16.1. The van der Waals surface area contributed by atoms with E-state index in [0.29, 0.717) is 24.8 Å². The van der Waals surface area contributed by atoms with Crippen molar-refractivity contribution < 1.29 is 14.7 Å². The summed E-state index contributed by atoms with van der Waals surface area (Å²) in [5.41, 5.74) is -1.06. The van der Waals surface area contributed by atoms with Crippen LogP contribution in [0.15, 0.2) is 0 Å². The number of hydrogen-bond acceptors (Lipinski definition) is 2. The van der Waals surface area contributed by atoms with Gasteiger partial charge in [0.2, 0.25) is 0 Å². The Hall–Kier alpha value is -1.26.